The summed E-state index contributed by atoms with van der Waals surface area (Å²) in [5.41, 5.74) is 1.36. The van der Waals surface area contributed by atoms with Crippen molar-refractivity contribution in [3.63, 3.8) is 0 Å². The lowest BCUT2D eigenvalue weighted by Crippen LogP contribution is -2.51. The van der Waals surface area contributed by atoms with Gasteiger partial charge in [0.25, 0.3) is 11.8 Å². The van der Waals surface area contributed by atoms with Gasteiger partial charge in [-0.15, -0.1) is 0 Å². The van der Waals surface area contributed by atoms with Crippen molar-refractivity contribution in [1.82, 2.24) is 4.90 Å². The van der Waals surface area contributed by atoms with Crippen molar-refractivity contribution in [2.45, 2.75) is 64.3 Å². The highest BCUT2D eigenvalue weighted by molar-refractivity contribution is 5.97. The van der Waals surface area contributed by atoms with Crippen molar-refractivity contribution in [3.05, 3.63) is 71.3 Å². The van der Waals surface area contributed by atoms with Crippen LogP contribution in [0.15, 0.2) is 54.6 Å². The molecule has 3 rings (SSSR count). The van der Waals surface area contributed by atoms with Gasteiger partial charge in [-0.2, -0.15) is 0 Å². The Hall–Kier alpha value is -2.83. The third-order valence-corrected chi connectivity index (χ3v) is 5.88. The first-order valence-electron chi connectivity index (χ1n) is 11.8. The van der Waals surface area contributed by atoms with Gasteiger partial charge in [-0.25, -0.2) is 0 Å². The van der Waals surface area contributed by atoms with E-state index in [-0.39, 0.29) is 11.6 Å². The second-order valence-corrected chi connectivity index (χ2v) is 8.38. The van der Waals surface area contributed by atoms with E-state index in [1.165, 1.54) is 4.90 Å². The summed E-state index contributed by atoms with van der Waals surface area (Å²) in [6.07, 6.45) is 7.55. The minimum atomic E-state index is -2.45. The number of amides is 1. The fourth-order valence-corrected chi connectivity index (χ4v) is 3.90. The molecule has 0 aromatic heterocycles. The summed E-state index contributed by atoms with van der Waals surface area (Å²) in [6.45, 7) is 4.54. The van der Waals surface area contributed by atoms with Crippen LogP contribution in [0.3, 0.4) is 0 Å². The summed E-state index contributed by atoms with van der Waals surface area (Å²) in [5.74, 6) is -1.76. The second-order valence-electron chi connectivity index (χ2n) is 8.38. The first-order valence-corrected chi connectivity index (χ1v) is 11.8. The molecule has 33 heavy (non-hydrogen) atoms. The third kappa shape index (κ3) is 5.95. The number of benzene rings is 2. The van der Waals surface area contributed by atoms with Gasteiger partial charge in [0, 0.05) is 17.2 Å². The number of para-hydroxylation sites is 1. The number of nitrogens with zero attached hydrogens (tertiary/aromatic N) is 1. The number of aliphatic hydroxyl groups is 2. The van der Waals surface area contributed by atoms with Crippen molar-refractivity contribution in [2.24, 2.45) is 0 Å². The number of rotatable bonds is 12. The molecule has 0 unspecified atom stereocenters. The van der Waals surface area contributed by atoms with Gasteiger partial charge in [0.15, 0.2) is 0 Å². The molecular formula is C27H35NO5. The maximum absolute atomic E-state index is 13.6. The zero-order valence-electron chi connectivity index (χ0n) is 19.8. The molecule has 1 fully saturated rings. The maximum Gasteiger partial charge on any atom is 0.277 e. The van der Waals surface area contributed by atoms with E-state index in [1.54, 1.807) is 49.6 Å². The van der Waals surface area contributed by atoms with Gasteiger partial charge >= 0.3 is 0 Å². The highest BCUT2D eigenvalue weighted by Gasteiger charge is 2.47. The number of hydrogen-bond donors (Lipinski definition) is 2. The molecule has 1 aliphatic rings. The Morgan fingerprint density at radius 3 is 2.39 bits per heavy atom. The Balaban J connectivity index is 1.83. The monoisotopic (exact) mass is 453 g/mol. The number of methoxy groups -OCH3 is 1. The standard InChI is InChI=1S/C27H35NO5/c1-4-6-7-10-19-33-25-12-9-8-11-23(25)26(29)28(22-17-18-22)27(30,31)21-15-13-20(14-16-21)24(5-2)32-3/h5,8-9,11-16,22,30-31H,4,6-7,10,17-19H2,1-3H3/b24-5-. The molecule has 1 amide bonds. The Morgan fingerprint density at radius 1 is 1.09 bits per heavy atom. The summed E-state index contributed by atoms with van der Waals surface area (Å²) in [6, 6.07) is 13.5. The second kappa shape index (κ2) is 11.3. The molecule has 2 aromatic rings. The van der Waals surface area contributed by atoms with Crippen LogP contribution in [0.4, 0.5) is 0 Å². The van der Waals surface area contributed by atoms with Crippen LogP contribution in [0, 0.1) is 0 Å². The fraction of sp³-hybridized carbons (Fsp3) is 0.444. The zero-order chi connectivity index (χ0) is 23.8. The SMILES string of the molecule is C/C=C(\OC)c1ccc(C(O)(O)N(C(=O)c2ccccc2OCCCCCC)C2CC2)cc1. The van der Waals surface area contributed by atoms with Crippen molar-refractivity contribution < 1.29 is 24.5 Å². The van der Waals surface area contributed by atoms with Crippen LogP contribution in [0.2, 0.25) is 0 Å². The highest BCUT2D eigenvalue weighted by Crippen LogP contribution is 2.38. The van der Waals surface area contributed by atoms with Crippen LogP contribution >= 0.6 is 0 Å². The average Bonchev–Trinajstić information content (AvgIpc) is 3.65. The molecule has 0 radical (unpaired) electrons. The van der Waals surface area contributed by atoms with E-state index < -0.39 is 11.8 Å². The predicted molar refractivity (Wildman–Crippen MR) is 128 cm³/mol. The molecule has 0 saturated heterocycles. The van der Waals surface area contributed by atoms with Crippen LogP contribution in [-0.4, -0.2) is 40.8 Å². The third-order valence-electron chi connectivity index (χ3n) is 5.88. The van der Waals surface area contributed by atoms with Crippen LogP contribution in [0.25, 0.3) is 5.76 Å². The molecular weight excluding hydrogens is 418 g/mol. The van der Waals surface area contributed by atoms with E-state index in [4.69, 9.17) is 9.47 Å². The molecule has 0 bridgehead atoms. The minimum absolute atomic E-state index is 0.219. The molecule has 178 valence electrons. The Bertz CT molecular complexity index is 947. The molecule has 0 spiro atoms. The van der Waals surface area contributed by atoms with Crippen LogP contribution in [0.5, 0.6) is 5.75 Å². The number of allylic oxidation sites excluding steroid dienone is 1. The summed E-state index contributed by atoms with van der Waals surface area (Å²) in [5, 5.41) is 22.3. The first kappa shape index (κ1) is 24.8. The molecule has 0 heterocycles. The number of carbonyl (C=O) groups excluding carboxylic acids is 1. The summed E-state index contributed by atoms with van der Waals surface area (Å²) < 4.78 is 11.2. The lowest BCUT2D eigenvalue weighted by Gasteiger charge is -2.36. The molecule has 2 N–H and O–H groups in total. The zero-order valence-corrected chi connectivity index (χ0v) is 19.8. The number of unbranched alkanes of at least 4 members (excludes halogenated alkanes) is 3. The largest absolute Gasteiger partial charge is 0.496 e. The van der Waals surface area contributed by atoms with Gasteiger partial charge in [-0.3, -0.25) is 9.69 Å². The van der Waals surface area contributed by atoms with Crippen LogP contribution in [0.1, 0.15) is 73.9 Å². The van der Waals surface area contributed by atoms with Gasteiger partial charge in [0.05, 0.1) is 19.3 Å². The number of hydrogen-bond acceptors (Lipinski definition) is 5. The number of carbonyl (C=O) groups is 1. The van der Waals surface area contributed by atoms with E-state index >= 15 is 0 Å². The van der Waals surface area contributed by atoms with E-state index in [9.17, 15) is 15.0 Å². The van der Waals surface area contributed by atoms with Crippen molar-refractivity contribution in [1.29, 1.82) is 0 Å². The fourth-order valence-electron chi connectivity index (χ4n) is 3.90. The Kier molecular flexibility index (Phi) is 8.53. The highest BCUT2D eigenvalue weighted by atomic mass is 16.5. The van der Waals surface area contributed by atoms with Crippen molar-refractivity contribution in [3.8, 4) is 5.75 Å². The molecule has 1 saturated carbocycles. The van der Waals surface area contributed by atoms with Crippen molar-refractivity contribution in [2.75, 3.05) is 13.7 Å². The summed E-state index contributed by atoms with van der Waals surface area (Å²) >= 11 is 0. The molecule has 0 aliphatic heterocycles. The van der Waals surface area contributed by atoms with Gasteiger partial charge in [0.1, 0.15) is 11.5 Å². The Labute approximate surface area is 196 Å². The first-order chi connectivity index (χ1) is 15.9. The average molecular weight is 454 g/mol. The van der Waals surface area contributed by atoms with Gasteiger partial charge in [0.2, 0.25) is 0 Å². The predicted octanol–water partition coefficient (Wildman–Crippen LogP) is 5.05. The molecule has 2 aromatic carbocycles. The van der Waals surface area contributed by atoms with Crippen LogP contribution < -0.4 is 4.74 Å². The van der Waals surface area contributed by atoms with Crippen molar-refractivity contribution >= 4 is 11.7 Å². The number of ether oxygens (including phenoxy) is 2. The van der Waals surface area contributed by atoms with E-state index in [2.05, 4.69) is 6.92 Å². The lowest BCUT2D eigenvalue weighted by molar-refractivity contribution is -0.259. The van der Waals surface area contributed by atoms with Gasteiger partial charge < -0.3 is 19.7 Å². The molecule has 6 heteroatoms. The quantitative estimate of drug-likeness (QED) is 0.267. The van der Waals surface area contributed by atoms with E-state index in [1.807, 2.05) is 19.1 Å². The summed E-state index contributed by atoms with van der Waals surface area (Å²) in [4.78, 5) is 14.7. The van der Waals surface area contributed by atoms with Gasteiger partial charge in [-0.1, -0.05) is 62.6 Å². The molecule has 0 atom stereocenters. The smallest absolute Gasteiger partial charge is 0.277 e. The Morgan fingerprint density at radius 2 is 1.79 bits per heavy atom. The topological polar surface area (TPSA) is 79.2 Å². The van der Waals surface area contributed by atoms with Crippen LogP contribution in [-0.2, 0) is 10.6 Å². The lowest BCUT2D eigenvalue weighted by atomic mass is 10.0. The molecule has 6 nitrogen and oxygen atoms in total. The van der Waals surface area contributed by atoms with E-state index in [0.29, 0.717) is 23.7 Å². The summed E-state index contributed by atoms with van der Waals surface area (Å²) in [7, 11) is 1.59. The maximum atomic E-state index is 13.6. The minimum Gasteiger partial charge on any atom is -0.496 e. The normalized spacial score (nSPS) is 14.2. The molecule has 1 aliphatic carbocycles. The van der Waals surface area contributed by atoms with Gasteiger partial charge in [-0.05, 0) is 44.4 Å². The van der Waals surface area contributed by atoms with E-state index in [0.717, 1.165) is 44.1 Å².